The fraction of sp³-hybridized carbons (Fsp3) is 0.158. The summed E-state index contributed by atoms with van der Waals surface area (Å²) in [6.07, 6.45) is 1.01. The van der Waals surface area contributed by atoms with E-state index in [1.54, 1.807) is 14.2 Å². The molecule has 0 spiro atoms. The maximum Gasteiger partial charge on any atom is 0.161 e. The van der Waals surface area contributed by atoms with Gasteiger partial charge in [0.1, 0.15) is 0 Å². The van der Waals surface area contributed by atoms with Crippen molar-refractivity contribution in [2.75, 3.05) is 14.2 Å². The minimum Gasteiger partial charge on any atom is -0.493 e. The van der Waals surface area contributed by atoms with E-state index in [0.29, 0.717) is 0 Å². The van der Waals surface area contributed by atoms with Crippen LogP contribution in [0.4, 0.5) is 0 Å². The van der Waals surface area contributed by atoms with Crippen molar-refractivity contribution in [3.63, 3.8) is 0 Å². The van der Waals surface area contributed by atoms with Crippen LogP contribution < -0.4 is 9.47 Å². The van der Waals surface area contributed by atoms with Gasteiger partial charge in [-0.1, -0.05) is 36.4 Å². The van der Waals surface area contributed by atoms with Gasteiger partial charge in [-0.15, -0.1) is 0 Å². The van der Waals surface area contributed by atoms with Crippen molar-refractivity contribution in [1.82, 2.24) is 0 Å². The number of hydrogen-bond donors (Lipinski definition) is 0. The van der Waals surface area contributed by atoms with E-state index in [4.69, 9.17) is 9.47 Å². The number of hydrogen-bond acceptors (Lipinski definition) is 2. The van der Waals surface area contributed by atoms with Crippen LogP contribution in [-0.4, -0.2) is 14.2 Å². The van der Waals surface area contributed by atoms with E-state index in [-0.39, 0.29) is 0 Å². The Morgan fingerprint density at radius 3 is 2.38 bits per heavy atom. The summed E-state index contributed by atoms with van der Waals surface area (Å²) in [7, 11) is 3.35. The van der Waals surface area contributed by atoms with Gasteiger partial charge in [0.25, 0.3) is 0 Å². The van der Waals surface area contributed by atoms with E-state index in [9.17, 15) is 0 Å². The zero-order valence-electron chi connectivity index (χ0n) is 12.1. The van der Waals surface area contributed by atoms with Crippen molar-refractivity contribution < 1.29 is 9.47 Å². The second kappa shape index (κ2) is 4.52. The second-order valence-electron chi connectivity index (χ2n) is 5.36. The molecule has 4 rings (SSSR count). The third kappa shape index (κ3) is 1.72. The number of rotatable bonds is 2. The average Bonchev–Trinajstić information content (AvgIpc) is 2.92. The van der Waals surface area contributed by atoms with Gasteiger partial charge in [0, 0.05) is 0 Å². The molecule has 0 amide bonds. The first-order valence-corrected chi connectivity index (χ1v) is 7.07. The molecule has 0 radical (unpaired) electrons. The summed E-state index contributed by atoms with van der Waals surface area (Å²) in [6, 6.07) is 17.2. The quantitative estimate of drug-likeness (QED) is 0.539. The van der Waals surface area contributed by atoms with Crippen molar-refractivity contribution in [3.8, 4) is 22.6 Å². The molecule has 0 saturated heterocycles. The van der Waals surface area contributed by atoms with Crippen molar-refractivity contribution in [3.05, 3.63) is 59.7 Å². The molecule has 0 bridgehead atoms. The van der Waals surface area contributed by atoms with Crippen molar-refractivity contribution in [2.24, 2.45) is 0 Å². The summed E-state index contributed by atoms with van der Waals surface area (Å²) >= 11 is 0. The largest absolute Gasteiger partial charge is 0.493 e. The molecule has 0 aromatic heterocycles. The number of benzene rings is 3. The lowest BCUT2D eigenvalue weighted by atomic mass is 9.97. The summed E-state index contributed by atoms with van der Waals surface area (Å²) < 4.78 is 10.9. The molecule has 0 fully saturated rings. The van der Waals surface area contributed by atoms with Gasteiger partial charge in [-0.05, 0) is 51.6 Å². The van der Waals surface area contributed by atoms with Gasteiger partial charge in [0.05, 0.1) is 14.2 Å². The molecular formula is C19H16O2. The second-order valence-corrected chi connectivity index (χ2v) is 5.36. The zero-order chi connectivity index (χ0) is 14.4. The Labute approximate surface area is 123 Å². The first kappa shape index (κ1) is 12.3. The lowest BCUT2D eigenvalue weighted by Gasteiger charge is -2.12. The topological polar surface area (TPSA) is 18.5 Å². The Bertz CT molecular complexity index is 850. The monoisotopic (exact) mass is 276 g/mol. The Balaban J connectivity index is 2.07. The first-order valence-electron chi connectivity index (χ1n) is 7.07. The van der Waals surface area contributed by atoms with E-state index in [0.717, 1.165) is 17.9 Å². The molecule has 3 aromatic rings. The van der Waals surface area contributed by atoms with Gasteiger partial charge < -0.3 is 9.47 Å². The molecule has 21 heavy (non-hydrogen) atoms. The van der Waals surface area contributed by atoms with Gasteiger partial charge in [0.2, 0.25) is 0 Å². The lowest BCUT2D eigenvalue weighted by molar-refractivity contribution is 0.356. The van der Waals surface area contributed by atoms with Crippen LogP contribution in [0.25, 0.3) is 21.9 Å². The van der Waals surface area contributed by atoms with Crippen molar-refractivity contribution >= 4 is 10.8 Å². The van der Waals surface area contributed by atoms with Crippen LogP contribution in [0.3, 0.4) is 0 Å². The predicted molar refractivity (Wildman–Crippen MR) is 85.3 cm³/mol. The standard InChI is InChI=1S/C19H16O2/c1-20-17-10-13-7-8-14-9-12-5-3-4-6-15(12)19(14)16(13)11-18(17)21-2/h3-8,10-11H,9H2,1-2H3. The maximum absolute atomic E-state index is 5.47. The van der Waals surface area contributed by atoms with Gasteiger partial charge in [0.15, 0.2) is 11.5 Å². The number of ether oxygens (including phenoxy) is 2. The van der Waals surface area contributed by atoms with Crippen molar-refractivity contribution in [2.45, 2.75) is 6.42 Å². The first-order chi connectivity index (χ1) is 10.3. The summed E-state index contributed by atoms with van der Waals surface area (Å²) in [6.45, 7) is 0. The van der Waals surface area contributed by atoms with E-state index >= 15 is 0 Å². The van der Waals surface area contributed by atoms with Crippen LogP contribution >= 0.6 is 0 Å². The third-order valence-corrected chi connectivity index (χ3v) is 4.28. The lowest BCUT2D eigenvalue weighted by Crippen LogP contribution is -1.91. The molecule has 0 heterocycles. The Morgan fingerprint density at radius 1 is 0.810 bits per heavy atom. The zero-order valence-corrected chi connectivity index (χ0v) is 12.1. The highest BCUT2D eigenvalue weighted by molar-refractivity contribution is 6.02. The summed E-state index contributed by atoms with van der Waals surface area (Å²) in [5, 5.41) is 2.42. The van der Waals surface area contributed by atoms with E-state index in [1.165, 1.54) is 33.0 Å². The summed E-state index contributed by atoms with van der Waals surface area (Å²) in [4.78, 5) is 0. The van der Waals surface area contributed by atoms with E-state index in [2.05, 4.69) is 48.5 Å². The van der Waals surface area contributed by atoms with Gasteiger partial charge in [-0.2, -0.15) is 0 Å². The molecule has 1 aliphatic carbocycles. The fourth-order valence-electron chi connectivity index (χ4n) is 3.28. The Kier molecular flexibility index (Phi) is 2.64. The normalized spacial score (nSPS) is 12.1. The van der Waals surface area contributed by atoms with Crippen LogP contribution in [0.1, 0.15) is 11.1 Å². The third-order valence-electron chi connectivity index (χ3n) is 4.28. The molecule has 0 atom stereocenters. The molecule has 104 valence electrons. The average molecular weight is 276 g/mol. The van der Waals surface area contributed by atoms with Gasteiger partial charge >= 0.3 is 0 Å². The van der Waals surface area contributed by atoms with Crippen LogP contribution in [0.5, 0.6) is 11.5 Å². The highest BCUT2D eigenvalue weighted by Crippen LogP contribution is 2.44. The minimum absolute atomic E-state index is 0.774. The fourth-order valence-corrected chi connectivity index (χ4v) is 3.28. The van der Waals surface area contributed by atoms with Crippen LogP contribution in [0.15, 0.2) is 48.5 Å². The molecule has 0 unspecified atom stereocenters. The molecule has 2 heteroatoms. The maximum atomic E-state index is 5.47. The van der Waals surface area contributed by atoms with E-state index in [1.807, 2.05) is 0 Å². The van der Waals surface area contributed by atoms with Crippen LogP contribution in [0, 0.1) is 0 Å². The summed E-state index contributed by atoms with van der Waals surface area (Å²) in [5.74, 6) is 1.55. The minimum atomic E-state index is 0.774. The molecule has 2 nitrogen and oxygen atoms in total. The number of fused-ring (bicyclic) bond motifs is 5. The summed E-state index contributed by atoms with van der Waals surface area (Å²) in [5.41, 5.74) is 5.46. The predicted octanol–water partition coefficient (Wildman–Crippen LogP) is 4.43. The molecule has 1 aliphatic rings. The number of methoxy groups -OCH3 is 2. The van der Waals surface area contributed by atoms with Crippen molar-refractivity contribution in [1.29, 1.82) is 0 Å². The highest BCUT2D eigenvalue weighted by Gasteiger charge is 2.21. The van der Waals surface area contributed by atoms with Gasteiger partial charge in [-0.3, -0.25) is 0 Å². The molecule has 3 aromatic carbocycles. The molecule has 0 aliphatic heterocycles. The van der Waals surface area contributed by atoms with Crippen LogP contribution in [-0.2, 0) is 6.42 Å². The Morgan fingerprint density at radius 2 is 1.57 bits per heavy atom. The van der Waals surface area contributed by atoms with Gasteiger partial charge in [-0.25, -0.2) is 0 Å². The van der Waals surface area contributed by atoms with Crippen LogP contribution in [0.2, 0.25) is 0 Å². The van der Waals surface area contributed by atoms with E-state index < -0.39 is 0 Å². The molecular weight excluding hydrogens is 260 g/mol. The SMILES string of the molecule is COc1cc2ccc3c(c2cc1OC)-c1ccccc1C3. The highest BCUT2D eigenvalue weighted by atomic mass is 16.5. The Hall–Kier alpha value is -2.48. The molecule has 0 N–H and O–H groups in total. The molecule has 0 saturated carbocycles. The smallest absolute Gasteiger partial charge is 0.161 e.